The summed E-state index contributed by atoms with van der Waals surface area (Å²) >= 11 is 0. The van der Waals surface area contributed by atoms with Crippen LogP contribution in [0.4, 0.5) is 10.5 Å². The van der Waals surface area contributed by atoms with E-state index in [0.717, 1.165) is 17.7 Å². The molecule has 3 unspecified atom stereocenters. The maximum Gasteiger partial charge on any atom is 0.322 e. The van der Waals surface area contributed by atoms with Crippen molar-refractivity contribution in [3.8, 4) is 0 Å². The zero-order valence-corrected chi connectivity index (χ0v) is 13.0. The highest BCUT2D eigenvalue weighted by Gasteiger charge is 2.33. The lowest BCUT2D eigenvalue weighted by Crippen LogP contribution is -2.42. The van der Waals surface area contributed by atoms with Gasteiger partial charge < -0.3 is 20.6 Å². The monoisotopic (exact) mass is 291 g/mol. The second-order valence-electron chi connectivity index (χ2n) is 5.78. The van der Waals surface area contributed by atoms with E-state index in [1.807, 2.05) is 31.3 Å². The van der Waals surface area contributed by atoms with Gasteiger partial charge in [-0.15, -0.1) is 0 Å². The van der Waals surface area contributed by atoms with Gasteiger partial charge in [-0.2, -0.15) is 0 Å². The summed E-state index contributed by atoms with van der Waals surface area (Å²) < 4.78 is 0. The summed E-state index contributed by atoms with van der Waals surface area (Å²) in [5, 5.41) is 15.6. The van der Waals surface area contributed by atoms with Crippen LogP contribution in [0.25, 0.3) is 0 Å². The normalized spacial score (nSPS) is 23.1. The first-order chi connectivity index (χ1) is 10.1. The topological polar surface area (TPSA) is 64.6 Å². The predicted octanol–water partition coefficient (Wildman–Crippen LogP) is 2.20. The number of aliphatic hydroxyl groups is 1. The first kappa shape index (κ1) is 15.8. The number of hydrogen-bond donors (Lipinski definition) is 3. The zero-order chi connectivity index (χ0) is 15.4. The Bertz CT molecular complexity index is 492. The Morgan fingerprint density at radius 2 is 2.29 bits per heavy atom. The quantitative estimate of drug-likeness (QED) is 0.797. The van der Waals surface area contributed by atoms with Crippen molar-refractivity contribution in [2.75, 3.05) is 25.5 Å². The number of nitrogens with zero attached hydrogens (tertiary/aromatic N) is 1. The molecule has 5 nitrogen and oxygen atoms in total. The number of carbonyl (C=O) groups excluding carboxylic acids is 1. The fourth-order valence-electron chi connectivity index (χ4n) is 2.79. The largest absolute Gasteiger partial charge is 0.394 e. The number of amides is 2. The van der Waals surface area contributed by atoms with Crippen LogP contribution in [-0.2, 0) is 0 Å². The van der Waals surface area contributed by atoms with E-state index < -0.39 is 0 Å². The maximum atomic E-state index is 12.4. The van der Waals surface area contributed by atoms with Gasteiger partial charge in [-0.05, 0) is 44.0 Å². The van der Waals surface area contributed by atoms with Crippen LogP contribution >= 0.6 is 0 Å². The van der Waals surface area contributed by atoms with Crippen molar-refractivity contribution in [2.24, 2.45) is 5.92 Å². The number of urea groups is 1. The molecule has 0 radical (unpaired) electrons. The third-order valence-electron chi connectivity index (χ3n) is 4.40. The van der Waals surface area contributed by atoms with Gasteiger partial charge in [0.25, 0.3) is 0 Å². The molecule has 1 aromatic carbocycles. The van der Waals surface area contributed by atoms with Crippen molar-refractivity contribution in [3.63, 3.8) is 0 Å². The van der Waals surface area contributed by atoms with Gasteiger partial charge in [0.05, 0.1) is 12.6 Å². The van der Waals surface area contributed by atoms with E-state index in [0.29, 0.717) is 12.5 Å². The molecule has 3 atom stereocenters. The van der Waals surface area contributed by atoms with Crippen molar-refractivity contribution in [2.45, 2.75) is 32.4 Å². The number of benzene rings is 1. The molecule has 1 fully saturated rings. The molecule has 1 heterocycles. The minimum absolute atomic E-state index is 0.0193. The van der Waals surface area contributed by atoms with E-state index in [1.54, 1.807) is 4.90 Å². The van der Waals surface area contributed by atoms with Crippen LogP contribution < -0.4 is 10.6 Å². The highest BCUT2D eigenvalue weighted by Crippen LogP contribution is 2.25. The van der Waals surface area contributed by atoms with Crippen molar-refractivity contribution >= 4 is 11.7 Å². The molecule has 0 aromatic heterocycles. The van der Waals surface area contributed by atoms with Gasteiger partial charge in [0, 0.05) is 18.3 Å². The van der Waals surface area contributed by atoms with E-state index in [2.05, 4.69) is 24.5 Å². The van der Waals surface area contributed by atoms with Crippen molar-refractivity contribution in [1.82, 2.24) is 10.2 Å². The number of nitrogens with one attached hydrogen (secondary N) is 2. The average Bonchev–Trinajstić information content (AvgIpc) is 2.87. The van der Waals surface area contributed by atoms with Crippen LogP contribution in [0, 0.1) is 5.92 Å². The number of aliphatic hydroxyl groups excluding tert-OH is 1. The van der Waals surface area contributed by atoms with Gasteiger partial charge in [0.2, 0.25) is 0 Å². The summed E-state index contributed by atoms with van der Waals surface area (Å²) in [6, 6.07) is 7.86. The van der Waals surface area contributed by atoms with Gasteiger partial charge in [-0.3, -0.25) is 0 Å². The summed E-state index contributed by atoms with van der Waals surface area (Å²) in [5.74, 6) is 0.344. The Labute approximate surface area is 126 Å². The van der Waals surface area contributed by atoms with E-state index in [-0.39, 0.29) is 24.7 Å². The van der Waals surface area contributed by atoms with Crippen molar-refractivity contribution in [3.05, 3.63) is 29.8 Å². The number of likely N-dealkylation sites (tertiary alicyclic amines) is 1. The lowest BCUT2D eigenvalue weighted by atomic mass is 10.0. The SMILES string of the molecule is CNC(C)c1cccc(NC(=O)N2CCC(C)C2CO)c1. The number of carbonyl (C=O) groups is 1. The molecule has 21 heavy (non-hydrogen) atoms. The minimum atomic E-state index is -0.132. The standard InChI is InChI=1S/C16H25N3O2/c1-11-7-8-19(15(11)10-20)16(21)18-14-6-4-5-13(9-14)12(2)17-3/h4-6,9,11-12,15,17,20H,7-8,10H2,1-3H3,(H,18,21). The molecule has 1 saturated heterocycles. The zero-order valence-electron chi connectivity index (χ0n) is 13.0. The lowest BCUT2D eigenvalue weighted by Gasteiger charge is -2.25. The number of anilines is 1. The second-order valence-corrected chi connectivity index (χ2v) is 5.78. The number of rotatable bonds is 4. The Kier molecular flexibility index (Phi) is 5.20. The molecule has 1 aliphatic rings. The second kappa shape index (κ2) is 6.91. The summed E-state index contributed by atoms with van der Waals surface area (Å²) in [5.41, 5.74) is 1.92. The van der Waals surface area contributed by atoms with Gasteiger partial charge in [0.1, 0.15) is 0 Å². The Hall–Kier alpha value is -1.59. The first-order valence-electron chi connectivity index (χ1n) is 7.52. The van der Waals surface area contributed by atoms with Gasteiger partial charge >= 0.3 is 6.03 Å². The summed E-state index contributed by atoms with van der Waals surface area (Å²) in [6.45, 7) is 4.87. The molecule has 2 rings (SSSR count). The van der Waals surface area contributed by atoms with Gasteiger partial charge in [-0.1, -0.05) is 19.1 Å². The number of hydrogen-bond acceptors (Lipinski definition) is 3. The molecule has 116 valence electrons. The average molecular weight is 291 g/mol. The van der Waals surface area contributed by atoms with Crippen LogP contribution in [0.15, 0.2) is 24.3 Å². The molecule has 0 saturated carbocycles. The van der Waals surface area contributed by atoms with Crippen LogP contribution in [0.5, 0.6) is 0 Å². The molecule has 1 aliphatic heterocycles. The Morgan fingerprint density at radius 1 is 1.52 bits per heavy atom. The minimum Gasteiger partial charge on any atom is -0.394 e. The molecule has 5 heteroatoms. The highest BCUT2D eigenvalue weighted by atomic mass is 16.3. The van der Waals surface area contributed by atoms with E-state index in [4.69, 9.17) is 0 Å². The fourth-order valence-corrected chi connectivity index (χ4v) is 2.79. The lowest BCUT2D eigenvalue weighted by molar-refractivity contribution is 0.152. The molecule has 0 spiro atoms. The molecule has 0 bridgehead atoms. The maximum absolute atomic E-state index is 12.4. The Morgan fingerprint density at radius 3 is 2.95 bits per heavy atom. The summed E-state index contributed by atoms with van der Waals surface area (Å²) in [4.78, 5) is 14.1. The van der Waals surface area contributed by atoms with Crippen molar-refractivity contribution < 1.29 is 9.90 Å². The highest BCUT2D eigenvalue weighted by molar-refractivity contribution is 5.89. The summed E-state index contributed by atoms with van der Waals surface area (Å²) in [7, 11) is 1.91. The smallest absolute Gasteiger partial charge is 0.322 e. The van der Waals surface area contributed by atoms with Crippen LogP contribution in [0.2, 0.25) is 0 Å². The van der Waals surface area contributed by atoms with Gasteiger partial charge in [-0.25, -0.2) is 4.79 Å². The molecule has 3 N–H and O–H groups in total. The summed E-state index contributed by atoms with van der Waals surface area (Å²) in [6.07, 6.45) is 0.940. The van der Waals surface area contributed by atoms with Gasteiger partial charge in [0.15, 0.2) is 0 Å². The third-order valence-corrected chi connectivity index (χ3v) is 4.40. The third kappa shape index (κ3) is 3.54. The molecule has 1 aromatic rings. The van der Waals surface area contributed by atoms with Crippen molar-refractivity contribution in [1.29, 1.82) is 0 Å². The molecular weight excluding hydrogens is 266 g/mol. The van der Waals surface area contributed by atoms with E-state index in [1.165, 1.54) is 0 Å². The Balaban J connectivity index is 2.06. The molecular formula is C16H25N3O2. The van der Waals surface area contributed by atoms with Crippen LogP contribution in [-0.4, -0.2) is 42.3 Å². The predicted molar refractivity (Wildman–Crippen MR) is 84.3 cm³/mol. The van der Waals surface area contributed by atoms with Crippen LogP contribution in [0.1, 0.15) is 31.9 Å². The fraction of sp³-hybridized carbons (Fsp3) is 0.562. The first-order valence-corrected chi connectivity index (χ1v) is 7.52. The van der Waals surface area contributed by atoms with E-state index >= 15 is 0 Å². The molecule has 0 aliphatic carbocycles. The van der Waals surface area contributed by atoms with E-state index in [9.17, 15) is 9.90 Å². The molecule has 2 amide bonds. The van der Waals surface area contributed by atoms with Crippen LogP contribution in [0.3, 0.4) is 0 Å².